The van der Waals surface area contributed by atoms with Gasteiger partial charge in [0.15, 0.2) is 11.5 Å². The van der Waals surface area contributed by atoms with Crippen LogP contribution in [0.4, 0.5) is 16.2 Å². The minimum Gasteiger partial charge on any atom is -0.493 e. The molecule has 0 fully saturated rings. The summed E-state index contributed by atoms with van der Waals surface area (Å²) in [6, 6.07) is 12.9. The molecular weight excluding hydrogens is 306 g/mol. The van der Waals surface area contributed by atoms with E-state index < -0.39 is 6.03 Å². The Balaban J connectivity index is 2.03. The van der Waals surface area contributed by atoms with Crippen LogP contribution in [-0.2, 0) is 6.42 Å². The molecule has 128 valence electrons. The molecule has 0 radical (unpaired) electrons. The Morgan fingerprint density at radius 2 is 1.79 bits per heavy atom. The first kappa shape index (κ1) is 17.5. The molecule has 1 atom stereocenters. The maximum atomic E-state index is 10.9. The molecule has 0 aliphatic carbocycles. The van der Waals surface area contributed by atoms with Crippen molar-refractivity contribution in [2.75, 3.05) is 24.9 Å². The molecular formula is C18H23N3O3. The summed E-state index contributed by atoms with van der Waals surface area (Å²) in [6.45, 7) is 2.09. The molecule has 0 aliphatic heterocycles. The lowest BCUT2D eigenvalue weighted by Gasteiger charge is -2.17. The van der Waals surface area contributed by atoms with Crippen LogP contribution >= 0.6 is 0 Å². The van der Waals surface area contributed by atoms with Crippen LogP contribution in [0.15, 0.2) is 42.5 Å². The third-order valence-corrected chi connectivity index (χ3v) is 3.53. The predicted octanol–water partition coefficient (Wildman–Crippen LogP) is 3.24. The number of benzene rings is 2. The number of rotatable bonds is 7. The summed E-state index contributed by atoms with van der Waals surface area (Å²) >= 11 is 0. The largest absolute Gasteiger partial charge is 0.493 e. The fourth-order valence-electron chi connectivity index (χ4n) is 2.53. The number of carbonyl (C=O) groups excluding carboxylic acids is 1. The van der Waals surface area contributed by atoms with Gasteiger partial charge in [-0.2, -0.15) is 0 Å². The zero-order valence-electron chi connectivity index (χ0n) is 14.1. The van der Waals surface area contributed by atoms with Crippen molar-refractivity contribution in [3.05, 3.63) is 48.0 Å². The van der Waals surface area contributed by atoms with Crippen molar-refractivity contribution in [2.45, 2.75) is 19.4 Å². The second-order valence-electron chi connectivity index (χ2n) is 5.51. The van der Waals surface area contributed by atoms with Crippen LogP contribution in [0, 0.1) is 0 Å². The van der Waals surface area contributed by atoms with Crippen molar-refractivity contribution >= 4 is 17.4 Å². The lowest BCUT2D eigenvalue weighted by atomic mass is 10.1. The Labute approximate surface area is 142 Å². The summed E-state index contributed by atoms with van der Waals surface area (Å²) < 4.78 is 10.6. The standard InChI is InChI=1S/C18H23N3O3/c1-12(9-13-7-8-16(23-2)17(10-13)24-3)20-14-5-4-6-15(11-14)21-18(19)22/h4-8,10-12,20H,9H2,1-3H3,(H3,19,21,22). The summed E-state index contributed by atoms with van der Waals surface area (Å²) in [5.41, 5.74) is 7.84. The van der Waals surface area contributed by atoms with Crippen LogP contribution in [0.25, 0.3) is 0 Å². The minimum absolute atomic E-state index is 0.187. The highest BCUT2D eigenvalue weighted by atomic mass is 16.5. The molecule has 2 rings (SSSR count). The van der Waals surface area contributed by atoms with E-state index in [1.807, 2.05) is 36.4 Å². The van der Waals surface area contributed by atoms with E-state index in [9.17, 15) is 4.79 Å². The number of hydrogen-bond acceptors (Lipinski definition) is 4. The zero-order chi connectivity index (χ0) is 17.5. The maximum absolute atomic E-state index is 10.9. The fourth-order valence-corrected chi connectivity index (χ4v) is 2.53. The van der Waals surface area contributed by atoms with Crippen molar-refractivity contribution in [3.8, 4) is 11.5 Å². The van der Waals surface area contributed by atoms with Gasteiger partial charge < -0.3 is 25.8 Å². The van der Waals surface area contributed by atoms with E-state index in [0.717, 1.165) is 23.4 Å². The van der Waals surface area contributed by atoms with Gasteiger partial charge in [0.05, 0.1) is 14.2 Å². The maximum Gasteiger partial charge on any atom is 0.316 e. The van der Waals surface area contributed by atoms with E-state index in [-0.39, 0.29) is 6.04 Å². The van der Waals surface area contributed by atoms with Gasteiger partial charge in [0.25, 0.3) is 0 Å². The summed E-state index contributed by atoms with van der Waals surface area (Å²) in [6.07, 6.45) is 0.813. The van der Waals surface area contributed by atoms with Gasteiger partial charge in [-0.1, -0.05) is 12.1 Å². The molecule has 0 saturated heterocycles. The Morgan fingerprint density at radius 3 is 2.46 bits per heavy atom. The van der Waals surface area contributed by atoms with Crippen molar-refractivity contribution in [1.82, 2.24) is 0 Å². The van der Waals surface area contributed by atoms with Gasteiger partial charge in [0.2, 0.25) is 0 Å². The van der Waals surface area contributed by atoms with E-state index >= 15 is 0 Å². The van der Waals surface area contributed by atoms with E-state index in [0.29, 0.717) is 11.4 Å². The highest BCUT2D eigenvalue weighted by Crippen LogP contribution is 2.28. The average Bonchev–Trinajstić information content (AvgIpc) is 2.54. The van der Waals surface area contributed by atoms with E-state index in [2.05, 4.69) is 17.6 Å². The number of nitrogens with one attached hydrogen (secondary N) is 2. The lowest BCUT2D eigenvalue weighted by molar-refractivity contribution is 0.259. The first-order chi connectivity index (χ1) is 11.5. The van der Waals surface area contributed by atoms with Crippen LogP contribution in [0.2, 0.25) is 0 Å². The molecule has 2 aromatic rings. The first-order valence-corrected chi connectivity index (χ1v) is 7.65. The van der Waals surface area contributed by atoms with Crippen LogP contribution in [-0.4, -0.2) is 26.3 Å². The fraction of sp³-hybridized carbons (Fsp3) is 0.278. The van der Waals surface area contributed by atoms with Gasteiger partial charge in [-0.3, -0.25) is 0 Å². The van der Waals surface area contributed by atoms with Crippen molar-refractivity contribution in [2.24, 2.45) is 5.73 Å². The van der Waals surface area contributed by atoms with Gasteiger partial charge >= 0.3 is 6.03 Å². The number of amides is 2. The van der Waals surface area contributed by atoms with E-state index in [1.165, 1.54) is 0 Å². The monoisotopic (exact) mass is 329 g/mol. The second kappa shape index (κ2) is 8.10. The first-order valence-electron chi connectivity index (χ1n) is 7.65. The average molecular weight is 329 g/mol. The molecule has 0 aliphatic rings. The SMILES string of the molecule is COc1ccc(CC(C)Nc2cccc(NC(N)=O)c2)cc1OC. The summed E-state index contributed by atoms with van der Waals surface area (Å²) in [4.78, 5) is 10.9. The number of primary amides is 1. The van der Waals surface area contributed by atoms with Crippen molar-refractivity contribution in [3.63, 3.8) is 0 Å². The molecule has 2 aromatic carbocycles. The van der Waals surface area contributed by atoms with E-state index in [4.69, 9.17) is 15.2 Å². The number of urea groups is 1. The molecule has 0 spiro atoms. The smallest absolute Gasteiger partial charge is 0.316 e. The second-order valence-corrected chi connectivity index (χ2v) is 5.51. The van der Waals surface area contributed by atoms with Crippen LogP contribution < -0.4 is 25.8 Å². The minimum atomic E-state index is -0.578. The Morgan fingerprint density at radius 1 is 1.08 bits per heavy atom. The van der Waals surface area contributed by atoms with Gasteiger partial charge in [-0.05, 0) is 49.2 Å². The summed E-state index contributed by atoms with van der Waals surface area (Å²) in [7, 11) is 3.25. The Kier molecular flexibility index (Phi) is 5.89. The number of hydrogen-bond donors (Lipinski definition) is 3. The molecule has 4 N–H and O–H groups in total. The molecule has 0 saturated carbocycles. The normalized spacial score (nSPS) is 11.5. The van der Waals surface area contributed by atoms with Gasteiger partial charge in [-0.25, -0.2) is 4.79 Å². The Hall–Kier alpha value is -2.89. The van der Waals surface area contributed by atoms with Gasteiger partial charge in [0.1, 0.15) is 0 Å². The molecule has 0 aromatic heterocycles. The number of anilines is 2. The highest BCUT2D eigenvalue weighted by molar-refractivity contribution is 5.88. The third-order valence-electron chi connectivity index (χ3n) is 3.53. The molecule has 2 amide bonds. The Bertz CT molecular complexity index is 704. The van der Waals surface area contributed by atoms with Crippen molar-refractivity contribution in [1.29, 1.82) is 0 Å². The van der Waals surface area contributed by atoms with Crippen LogP contribution in [0.1, 0.15) is 12.5 Å². The lowest BCUT2D eigenvalue weighted by Crippen LogP contribution is -2.20. The predicted molar refractivity (Wildman–Crippen MR) is 96.0 cm³/mol. The number of nitrogens with two attached hydrogens (primary N) is 1. The molecule has 6 nitrogen and oxygen atoms in total. The summed E-state index contributed by atoms with van der Waals surface area (Å²) in [5.74, 6) is 1.43. The topological polar surface area (TPSA) is 85.6 Å². The molecule has 0 bridgehead atoms. The van der Waals surface area contributed by atoms with Gasteiger partial charge in [0, 0.05) is 17.4 Å². The van der Waals surface area contributed by atoms with Crippen LogP contribution in [0.3, 0.4) is 0 Å². The molecule has 1 unspecified atom stereocenters. The molecule has 0 heterocycles. The van der Waals surface area contributed by atoms with Gasteiger partial charge in [-0.15, -0.1) is 0 Å². The number of carbonyl (C=O) groups is 1. The number of ether oxygens (including phenoxy) is 2. The zero-order valence-corrected chi connectivity index (χ0v) is 14.1. The molecule has 24 heavy (non-hydrogen) atoms. The summed E-state index contributed by atoms with van der Waals surface area (Å²) in [5, 5.41) is 5.97. The highest BCUT2D eigenvalue weighted by Gasteiger charge is 2.09. The number of methoxy groups -OCH3 is 2. The quantitative estimate of drug-likeness (QED) is 0.728. The molecule has 6 heteroatoms. The van der Waals surface area contributed by atoms with Crippen molar-refractivity contribution < 1.29 is 14.3 Å². The van der Waals surface area contributed by atoms with Crippen LogP contribution in [0.5, 0.6) is 11.5 Å². The third kappa shape index (κ3) is 4.81. The van der Waals surface area contributed by atoms with E-state index in [1.54, 1.807) is 20.3 Å².